The normalized spacial score (nSPS) is 10.7. The predicted molar refractivity (Wildman–Crippen MR) is 76.0 cm³/mol. The van der Waals surface area contributed by atoms with E-state index in [4.69, 9.17) is 10.5 Å². The molecule has 0 aliphatic heterocycles. The fourth-order valence-corrected chi connectivity index (χ4v) is 2.86. The van der Waals surface area contributed by atoms with E-state index in [1.165, 1.54) is 0 Å². The van der Waals surface area contributed by atoms with Gasteiger partial charge in [-0.2, -0.15) is 0 Å². The van der Waals surface area contributed by atoms with Gasteiger partial charge in [0.2, 0.25) is 0 Å². The van der Waals surface area contributed by atoms with Crippen LogP contribution in [0.4, 0.5) is 5.69 Å². The van der Waals surface area contributed by atoms with Crippen LogP contribution in [0.25, 0.3) is 20.8 Å². The summed E-state index contributed by atoms with van der Waals surface area (Å²) in [6, 6.07) is 13.7. The van der Waals surface area contributed by atoms with Crippen LogP contribution < -0.4 is 10.5 Å². The molecule has 0 fully saturated rings. The molecule has 0 radical (unpaired) electrons. The minimum atomic E-state index is 0.736. The second-order valence-corrected chi connectivity index (χ2v) is 4.98. The van der Waals surface area contributed by atoms with Gasteiger partial charge >= 0.3 is 0 Å². The molecule has 0 aliphatic rings. The minimum absolute atomic E-state index is 0.736. The van der Waals surface area contributed by atoms with Gasteiger partial charge in [0.15, 0.2) is 0 Å². The van der Waals surface area contributed by atoms with Gasteiger partial charge in [-0.05, 0) is 30.3 Å². The zero-order valence-corrected chi connectivity index (χ0v) is 10.7. The molecule has 0 aliphatic carbocycles. The second kappa shape index (κ2) is 4.31. The Labute approximate surface area is 109 Å². The summed E-state index contributed by atoms with van der Waals surface area (Å²) in [5.74, 6) is 0.838. The topological polar surface area (TPSA) is 48.1 Å². The van der Waals surface area contributed by atoms with Crippen LogP contribution in [0.15, 0.2) is 42.5 Å². The number of hydrogen-bond donors (Lipinski definition) is 1. The maximum absolute atomic E-state index is 5.77. The van der Waals surface area contributed by atoms with Crippen molar-refractivity contribution in [2.24, 2.45) is 0 Å². The van der Waals surface area contributed by atoms with Crippen molar-refractivity contribution in [2.45, 2.75) is 0 Å². The lowest BCUT2D eigenvalue weighted by atomic mass is 10.2. The average molecular weight is 256 g/mol. The number of benzene rings is 2. The second-order valence-electron chi connectivity index (χ2n) is 3.95. The standard InChI is InChI=1S/C14H12N2OS/c1-17-12-5-3-2-4-10(12)14-16-11-8-9(15)6-7-13(11)18-14/h2-8H,15H2,1H3. The third kappa shape index (κ3) is 1.80. The molecule has 4 heteroatoms. The zero-order valence-electron chi connectivity index (χ0n) is 9.88. The first kappa shape index (κ1) is 11.0. The van der Waals surface area contributed by atoms with E-state index in [0.29, 0.717) is 0 Å². The number of aromatic nitrogens is 1. The van der Waals surface area contributed by atoms with E-state index in [2.05, 4.69) is 4.98 Å². The molecule has 3 rings (SSSR count). The number of hydrogen-bond acceptors (Lipinski definition) is 4. The van der Waals surface area contributed by atoms with Crippen molar-refractivity contribution >= 4 is 27.2 Å². The van der Waals surface area contributed by atoms with Crippen LogP contribution in [0.3, 0.4) is 0 Å². The first-order chi connectivity index (χ1) is 8.78. The summed E-state index contributed by atoms with van der Waals surface area (Å²) in [5.41, 5.74) is 8.45. The fourth-order valence-electron chi connectivity index (χ4n) is 1.88. The Hall–Kier alpha value is -2.07. The Bertz CT molecular complexity index is 706. The Morgan fingerprint density at radius 2 is 2.00 bits per heavy atom. The molecule has 18 heavy (non-hydrogen) atoms. The molecular weight excluding hydrogens is 244 g/mol. The van der Waals surface area contributed by atoms with Crippen LogP contribution in [0.1, 0.15) is 0 Å². The first-order valence-electron chi connectivity index (χ1n) is 5.57. The van der Waals surface area contributed by atoms with Crippen LogP contribution in [-0.4, -0.2) is 12.1 Å². The summed E-state index contributed by atoms with van der Waals surface area (Å²) >= 11 is 1.64. The van der Waals surface area contributed by atoms with Gasteiger partial charge in [-0.15, -0.1) is 11.3 Å². The fraction of sp³-hybridized carbons (Fsp3) is 0.0714. The number of nitrogen functional groups attached to an aromatic ring is 1. The SMILES string of the molecule is COc1ccccc1-c1nc2cc(N)ccc2s1. The summed E-state index contributed by atoms with van der Waals surface area (Å²) in [5, 5.41) is 0.952. The van der Waals surface area contributed by atoms with Crippen molar-refractivity contribution in [1.82, 2.24) is 4.98 Å². The number of thiazole rings is 1. The van der Waals surface area contributed by atoms with E-state index in [0.717, 1.165) is 32.2 Å². The van der Waals surface area contributed by atoms with Gasteiger partial charge < -0.3 is 10.5 Å². The smallest absolute Gasteiger partial charge is 0.129 e. The molecule has 0 saturated heterocycles. The summed E-state index contributed by atoms with van der Waals surface area (Å²) in [6.07, 6.45) is 0. The van der Waals surface area contributed by atoms with E-state index in [9.17, 15) is 0 Å². The molecule has 3 aromatic rings. The van der Waals surface area contributed by atoms with Gasteiger partial charge in [0.25, 0.3) is 0 Å². The molecule has 0 unspecified atom stereocenters. The van der Waals surface area contributed by atoms with E-state index in [1.54, 1.807) is 18.4 Å². The van der Waals surface area contributed by atoms with E-state index >= 15 is 0 Å². The molecule has 0 saturated carbocycles. The molecule has 3 nitrogen and oxygen atoms in total. The Morgan fingerprint density at radius 3 is 2.83 bits per heavy atom. The Kier molecular flexibility index (Phi) is 2.64. The van der Waals surface area contributed by atoms with Gasteiger partial charge in [0.1, 0.15) is 10.8 Å². The van der Waals surface area contributed by atoms with Crippen molar-refractivity contribution in [3.05, 3.63) is 42.5 Å². The Balaban J connectivity index is 2.19. The zero-order chi connectivity index (χ0) is 12.5. The lowest BCUT2D eigenvalue weighted by Crippen LogP contribution is -1.86. The third-order valence-electron chi connectivity index (χ3n) is 2.75. The highest BCUT2D eigenvalue weighted by Crippen LogP contribution is 2.35. The monoisotopic (exact) mass is 256 g/mol. The van der Waals surface area contributed by atoms with Crippen molar-refractivity contribution < 1.29 is 4.74 Å². The third-order valence-corrected chi connectivity index (χ3v) is 3.82. The van der Waals surface area contributed by atoms with Gasteiger partial charge in [0.05, 0.1) is 22.9 Å². The number of ether oxygens (including phenoxy) is 1. The predicted octanol–water partition coefficient (Wildman–Crippen LogP) is 3.55. The van der Waals surface area contributed by atoms with Crippen LogP contribution >= 0.6 is 11.3 Å². The number of rotatable bonds is 2. The number of fused-ring (bicyclic) bond motifs is 1. The van der Waals surface area contributed by atoms with Crippen molar-refractivity contribution in [3.63, 3.8) is 0 Å². The molecule has 0 bridgehead atoms. The van der Waals surface area contributed by atoms with E-state index in [1.807, 2.05) is 42.5 Å². The number of nitrogens with two attached hydrogens (primary N) is 1. The van der Waals surface area contributed by atoms with E-state index in [-0.39, 0.29) is 0 Å². The van der Waals surface area contributed by atoms with E-state index < -0.39 is 0 Å². The lowest BCUT2D eigenvalue weighted by molar-refractivity contribution is 0.416. The molecule has 0 atom stereocenters. The molecule has 0 amide bonds. The molecule has 1 heterocycles. The highest BCUT2D eigenvalue weighted by Gasteiger charge is 2.10. The van der Waals surface area contributed by atoms with Crippen LogP contribution in [0.5, 0.6) is 5.75 Å². The molecule has 2 aromatic carbocycles. The lowest BCUT2D eigenvalue weighted by Gasteiger charge is -2.04. The van der Waals surface area contributed by atoms with Crippen molar-refractivity contribution in [1.29, 1.82) is 0 Å². The van der Waals surface area contributed by atoms with Crippen LogP contribution in [0, 0.1) is 0 Å². The average Bonchev–Trinajstić information content (AvgIpc) is 2.81. The highest BCUT2D eigenvalue weighted by molar-refractivity contribution is 7.21. The van der Waals surface area contributed by atoms with Gasteiger partial charge in [-0.3, -0.25) is 0 Å². The van der Waals surface area contributed by atoms with Crippen LogP contribution in [-0.2, 0) is 0 Å². The molecule has 90 valence electrons. The maximum atomic E-state index is 5.77. The number of nitrogens with zero attached hydrogens (tertiary/aromatic N) is 1. The van der Waals surface area contributed by atoms with Gasteiger partial charge in [-0.1, -0.05) is 12.1 Å². The van der Waals surface area contributed by atoms with Gasteiger partial charge in [0, 0.05) is 5.69 Å². The quantitative estimate of drug-likeness (QED) is 0.713. The molecule has 0 spiro atoms. The van der Waals surface area contributed by atoms with Gasteiger partial charge in [-0.25, -0.2) is 4.98 Å². The summed E-state index contributed by atoms with van der Waals surface area (Å²) in [7, 11) is 1.67. The van der Waals surface area contributed by atoms with Crippen molar-refractivity contribution in [2.75, 3.05) is 12.8 Å². The largest absolute Gasteiger partial charge is 0.496 e. The molecular formula is C14H12N2OS. The Morgan fingerprint density at radius 1 is 1.17 bits per heavy atom. The van der Waals surface area contributed by atoms with Crippen LogP contribution in [0.2, 0.25) is 0 Å². The highest BCUT2D eigenvalue weighted by atomic mass is 32.1. The number of para-hydroxylation sites is 1. The molecule has 1 aromatic heterocycles. The molecule has 2 N–H and O–H groups in total. The maximum Gasteiger partial charge on any atom is 0.129 e. The first-order valence-corrected chi connectivity index (χ1v) is 6.39. The minimum Gasteiger partial charge on any atom is -0.496 e. The van der Waals surface area contributed by atoms with Crippen molar-refractivity contribution in [3.8, 4) is 16.3 Å². The summed E-state index contributed by atoms with van der Waals surface area (Å²) in [4.78, 5) is 4.61. The summed E-state index contributed by atoms with van der Waals surface area (Å²) < 4.78 is 6.49. The number of anilines is 1. The summed E-state index contributed by atoms with van der Waals surface area (Å²) in [6.45, 7) is 0. The number of methoxy groups -OCH3 is 1.